The molecule has 28 heavy (non-hydrogen) atoms. The molecule has 1 heterocycles. The van der Waals surface area contributed by atoms with Crippen LogP contribution in [0.4, 0.5) is 0 Å². The van der Waals surface area contributed by atoms with Gasteiger partial charge >= 0.3 is 0 Å². The molecule has 1 aromatic carbocycles. The van der Waals surface area contributed by atoms with Crippen LogP contribution in [0.25, 0.3) is 0 Å². The van der Waals surface area contributed by atoms with Crippen LogP contribution in [0.2, 0.25) is 0 Å². The van der Waals surface area contributed by atoms with Gasteiger partial charge in [-0.2, -0.15) is 4.98 Å². The van der Waals surface area contributed by atoms with E-state index in [-0.39, 0.29) is 17.7 Å². The first-order chi connectivity index (χ1) is 13.5. The fourth-order valence-corrected chi connectivity index (χ4v) is 4.99. The minimum absolute atomic E-state index is 0.0416. The van der Waals surface area contributed by atoms with E-state index in [9.17, 15) is 4.79 Å². The monoisotopic (exact) mass is 383 g/mol. The predicted molar refractivity (Wildman–Crippen MR) is 105 cm³/mol. The maximum atomic E-state index is 12.4. The Bertz CT molecular complexity index is 827. The van der Waals surface area contributed by atoms with Crippen molar-refractivity contribution in [3.8, 4) is 5.75 Å². The third-order valence-electron chi connectivity index (χ3n) is 6.71. The van der Waals surface area contributed by atoms with Gasteiger partial charge < -0.3 is 14.2 Å². The standard InChI is InChI=1S/C22H29N3O3/c1-4-25(5-2)19(26)13-18-23-20(28-24-18)22(14-21(15-22)11-6-12-21)16-7-9-17(27-3)10-8-16/h7-10H,4-6,11-15H2,1-3H3. The van der Waals surface area contributed by atoms with E-state index in [4.69, 9.17) is 9.26 Å². The number of likely N-dealkylation sites (N-methyl/N-ethyl adjacent to an activating group) is 1. The highest BCUT2D eigenvalue weighted by Gasteiger charge is 2.61. The SMILES string of the molecule is CCN(CC)C(=O)Cc1noc(C2(c3ccc(OC)cc3)CC3(CCC3)C2)n1. The number of amides is 1. The van der Waals surface area contributed by atoms with Gasteiger partial charge in [0.25, 0.3) is 0 Å². The smallest absolute Gasteiger partial charge is 0.237 e. The van der Waals surface area contributed by atoms with E-state index in [1.807, 2.05) is 26.0 Å². The zero-order valence-electron chi connectivity index (χ0n) is 17.0. The molecule has 0 saturated heterocycles. The maximum Gasteiger partial charge on any atom is 0.237 e. The van der Waals surface area contributed by atoms with Crippen LogP contribution < -0.4 is 4.74 Å². The van der Waals surface area contributed by atoms with Crippen LogP contribution in [0.1, 0.15) is 63.2 Å². The number of methoxy groups -OCH3 is 1. The summed E-state index contributed by atoms with van der Waals surface area (Å²) in [6.07, 6.45) is 6.15. The number of benzene rings is 1. The Morgan fingerprint density at radius 3 is 2.39 bits per heavy atom. The van der Waals surface area contributed by atoms with Crippen LogP contribution in [0, 0.1) is 5.41 Å². The minimum Gasteiger partial charge on any atom is -0.497 e. The second kappa shape index (κ2) is 7.22. The highest BCUT2D eigenvalue weighted by atomic mass is 16.5. The van der Waals surface area contributed by atoms with Gasteiger partial charge in [0.15, 0.2) is 5.82 Å². The highest BCUT2D eigenvalue weighted by Crippen LogP contribution is 2.66. The molecule has 2 saturated carbocycles. The first kappa shape index (κ1) is 19.0. The molecule has 2 aliphatic carbocycles. The Labute approximate surface area is 166 Å². The maximum absolute atomic E-state index is 12.4. The zero-order valence-corrected chi connectivity index (χ0v) is 17.0. The third-order valence-corrected chi connectivity index (χ3v) is 6.71. The molecule has 0 bridgehead atoms. The van der Waals surface area contributed by atoms with E-state index in [0.717, 1.165) is 18.6 Å². The van der Waals surface area contributed by atoms with Gasteiger partial charge in [-0.15, -0.1) is 0 Å². The van der Waals surface area contributed by atoms with Gasteiger partial charge in [0.2, 0.25) is 11.8 Å². The molecule has 6 nitrogen and oxygen atoms in total. The molecule has 4 rings (SSSR count). The second-order valence-electron chi connectivity index (χ2n) is 8.28. The molecule has 2 fully saturated rings. The van der Waals surface area contributed by atoms with Crippen LogP contribution in [0.15, 0.2) is 28.8 Å². The molecule has 150 valence electrons. The van der Waals surface area contributed by atoms with Gasteiger partial charge in [0.05, 0.1) is 18.9 Å². The molecule has 0 radical (unpaired) electrons. The summed E-state index contributed by atoms with van der Waals surface area (Å²) in [5, 5.41) is 4.15. The summed E-state index contributed by atoms with van der Waals surface area (Å²) in [6, 6.07) is 8.19. The quantitative estimate of drug-likeness (QED) is 0.728. The molecule has 1 aromatic heterocycles. The van der Waals surface area contributed by atoms with Gasteiger partial charge in [-0.3, -0.25) is 4.79 Å². The van der Waals surface area contributed by atoms with Gasteiger partial charge in [-0.05, 0) is 62.6 Å². The molecule has 2 aromatic rings. The van der Waals surface area contributed by atoms with Crippen LogP contribution in [-0.2, 0) is 16.6 Å². The first-order valence-corrected chi connectivity index (χ1v) is 10.3. The summed E-state index contributed by atoms with van der Waals surface area (Å²) >= 11 is 0. The van der Waals surface area contributed by atoms with Crippen LogP contribution in [0.5, 0.6) is 5.75 Å². The van der Waals surface area contributed by atoms with Crippen molar-refractivity contribution in [2.45, 2.75) is 57.8 Å². The van der Waals surface area contributed by atoms with Crippen molar-refractivity contribution in [1.82, 2.24) is 15.0 Å². The number of rotatable bonds is 7. The largest absolute Gasteiger partial charge is 0.497 e. The second-order valence-corrected chi connectivity index (χ2v) is 8.28. The van der Waals surface area contributed by atoms with Crippen molar-refractivity contribution in [3.63, 3.8) is 0 Å². The lowest BCUT2D eigenvalue weighted by molar-refractivity contribution is -0.130. The van der Waals surface area contributed by atoms with E-state index < -0.39 is 0 Å². The van der Waals surface area contributed by atoms with E-state index in [1.54, 1.807) is 12.0 Å². The van der Waals surface area contributed by atoms with Gasteiger partial charge in [0.1, 0.15) is 5.75 Å². The molecular formula is C22H29N3O3. The number of hydrogen-bond donors (Lipinski definition) is 0. The fraction of sp³-hybridized carbons (Fsp3) is 0.591. The summed E-state index contributed by atoms with van der Waals surface area (Å²) in [4.78, 5) is 18.9. The molecular weight excluding hydrogens is 354 g/mol. The number of carbonyl (C=O) groups is 1. The number of hydrogen-bond acceptors (Lipinski definition) is 5. The minimum atomic E-state index is -0.240. The van der Waals surface area contributed by atoms with Gasteiger partial charge in [-0.25, -0.2) is 0 Å². The zero-order chi connectivity index (χ0) is 19.8. The number of ether oxygens (including phenoxy) is 1. The average molecular weight is 383 g/mol. The summed E-state index contributed by atoms with van der Waals surface area (Å²) < 4.78 is 11.0. The third kappa shape index (κ3) is 3.09. The van der Waals surface area contributed by atoms with Crippen LogP contribution in [0.3, 0.4) is 0 Å². The summed E-state index contributed by atoms with van der Waals surface area (Å²) in [5.41, 5.74) is 1.39. The Morgan fingerprint density at radius 2 is 1.86 bits per heavy atom. The normalized spacial score (nSPS) is 19.0. The molecule has 0 N–H and O–H groups in total. The lowest BCUT2D eigenvalue weighted by Gasteiger charge is -2.59. The molecule has 2 aliphatic rings. The van der Waals surface area contributed by atoms with E-state index in [0.29, 0.717) is 30.2 Å². The summed E-state index contributed by atoms with van der Waals surface area (Å²) in [6.45, 7) is 5.35. The lowest BCUT2D eigenvalue weighted by atomic mass is 9.43. The van der Waals surface area contributed by atoms with Crippen molar-refractivity contribution in [2.24, 2.45) is 5.41 Å². The number of aromatic nitrogens is 2. The van der Waals surface area contributed by atoms with Crippen molar-refractivity contribution in [3.05, 3.63) is 41.5 Å². The molecule has 1 spiro atoms. The summed E-state index contributed by atoms with van der Waals surface area (Å²) in [7, 11) is 1.68. The van der Waals surface area contributed by atoms with Gasteiger partial charge in [0, 0.05) is 13.1 Å². The van der Waals surface area contributed by atoms with Crippen LogP contribution >= 0.6 is 0 Å². The van der Waals surface area contributed by atoms with Crippen molar-refractivity contribution < 1.29 is 14.1 Å². The fourth-order valence-electron chi connectivity index (χ4n) is 4.99. The highest BCUT2D eigenvalue weighted by molar-refractivity contribution is 5.77. The van der Waals surface area contributed by atoms with Crippen molar-refractivity contribution in [2.75, 3.05) is 20.2 Å². The lowest BCUT2D eigenvalue weighted by Crippen LogP contribution is -2.53. The first-order valence-electron chi connectivity index (χ1n) is 10.3. The van der Waals surface area contributed by atoms with Gasteiger partial charge in [-0.1, -0.05) is 23.7 Å². The van der Waals surface area contributed by atoms with E-state index in [1.165, 1.54) is 24.8 Å². The molecule has 6 heteroatoms. The van der Waals surface area contributed by atoms with Crippen molar-refractivity contribution >= 4 is 5.91 Å². The summed E-state index contributed by atoms with van der Waals surface area (Å²) in [5.74, 6) is 2.01. The van der Waals surface area contributed by atoms with E-state index in [2.05, 4.69) is 22.3 Å². The number of carbonyl (C=O) groups excluding carboxylic acids is 1. The molecule has 1 amide bonds. The van der Waals surface area contributed by atoms with Crippen molar-refractivity contribution in [1.29, 1.82) is 0 Å². The predicted octanol–water partition coefficient (Wildman–Crippen LogP) is 3.74. The number of nitrogens with zero attached hydrogens (tertiary/aromatic N) is 3. The molecule has 0 aliphatic heterocycles. The van der Waals surface area contributed by atoms with E-state index >= 15 is 0 Å². The topological polar surface area (TPSA) is 68.5 Å². The Kier molecular flexibility index (Phi) is 4.89. The Morgan fingerprint density at radius 1 is 1.18 bits per heavy atom. The Balaban J connectivity index is 1.59. The molecule has 0 atom stereocenters. The Hall–Kier alpha value is -2.37. The van der Waals surface area contributed by atoms with Crippen LogP contribution in [-0.4, -0.2) is 41.1 Å². The average Bonchev–Trinajstić information content (AvgIpc) is 3.10. The molecule has 0 unspecified atom stereocenters.